The fourth-order valence-corrected chi connectivity index (χ4v) is 1.66. The van der Waals surface area contributed by atoms with E-state index in [9.17, 15) is 0 Å². The van der Waals surface area contributed by atoms with Crippen molar-refractivity contribution in [1.29, 1.82) is 0 Å². The fourth-order valence-electron chi connectivity index (χ4n) is 0.748. The number of hydrogen-bond acceptors (Lipinski definition) is 2. The van der Waals surface area contributed by atoms with Gasteiger partial charge in [-0.05, 0) is 6.07 Å². The number of aromatic nitrogens is 1. The average Bonchev–Trinajstić information content (AvgIpc) is 2.04. The van der Waals surface area contributed by atoms with Crippen LogP contribution in [0.5, 0.6) is 5.88 Å². The Kier molecular flexibility index (Phi) is 3.15. The smallest absolute Gasteiger partial charge is 0.218 e. The molecule has 0 aliphatic heterocycles. The summed E-state index contributed by atoms with van der Waals surface area (Å²) in [6.45, 7) is 0. The third kappa shape index (κ3) is 1.84. The molecule has 11 heavy (non-hydrogen) atoms. The number of ether oxygens (including phenoxy) is 1. The van der Waals surface area contributed by atoms with E-state index in [4.69, 9.17) is 16.3 Å². The molecule has 4 heteroatoms. The number of nitrogens with zero attached hydrogens (tertiary/aromatic N) is 1. The third-order valence-corrected chi connectivity index (χ3v) is 2.20. The normalized spacial score (nSPS) is 9.73. The van der Waals surface area contributed by atoms with Crippen LogP contribution in [0.25, 0.3) is 0 Å². The molecular formula is C7H7BrClNO. The molecule has 0 radical (unpaired) electrons. The number of methoxy groups -OCH3 is 1. The molecule has 60 valence electrons. The summed E-state index contributed by atoms with van der Waals surface area (Å²) in [7, 11) is 1.57. The Labute approximate surface area is 78.7 Å². The van der Waals surface area contributed by atoms with Crippen molar-refractivity contribution < 1.29 is 4.74 Å². The Bertz CT molecular complexity index is 254. The number of alkyl halides is 1. The lowest BCUT2D eigenvalue weighted by Gasteiger charge is -2.04. The second kappa shape index (κ2) is 3.93. The first kappa shape index (κ1) is 8.81. The Balaban J connectivity index is 3.13. The summed E-state index contributed by atoms with van der Waals surface area (Å²) in [6, 6.07) is 1.74. The molecule has 0 aliphatic rings. The molecule has 0 bridgehead atoms. The largest absolute Gasteiger partial charge is 0.481 e. The monoisotopic (exact) mass is 235 g/mol. The summed E-state index contributed by atoms with van der Waals surface area (Å²) in [5, 5.41) is 1.33. The lowest BCUT2D eigenvalue weighted by atomic mass is 10.3. The Morgan fingerprint density at radius 1 is 1.73 bits per heavy atom. The van der Waals surface area contributed by atoms with Crippen molar-refractivity contribution in [2.75, 3.05) is 7.11 Å². The van der Waals surface area contributed by atoms with Crippen molar-refractivity contribution in [3.63, 3.8) is 0 Å². The highest BCUT2D eigenvalue weighted by molar-refractivity contribution is 9.08. The number of halogens is 2. The first-order valence-electron chi connectivity index (χ1n) is 3.03. The summed E-state index contributed by atoms with van der Waals surface area (Å²) >= 11 is 9.15. The van der Waals surface area contributed by atoms with Gasteiger partial charge in [0.2, 0.25) is 5.88 Å². The highest BCUT2D eigenvalue weighted by Gasteiger charge is 2.05. The molecule has 0 atom stereocenters. The summed E-state index contributed by atoms with van der Waals surface area (Å²) in [5.74, 6) is 0.578. The summed E-state index contributed by atoms with van der Waals surface area (Å²) in [4.78, 5) is 3.99. The lowest BCUT2D eigenvalue weighted by molar-refractivity contribution is 0.394. The van der Waals surface area contributed by atoms with E-state index in [0.717, 1.165) is 5.56 Å². The highest BCUT2D eigenvalue weighted by Crippen LogP contribution is 2.25. The number of hydrogen-bond donors (Lipinski definition) is 0. The molecular weight excluding hydrogens is 229 g/mol. The predicted molar refractivity (Wildman–Crippen MR) is 48.4 cm³/mol. The van der Waals surface area contributed by atoms with Crippen LogP contribution in [0, 0.1) is 0 Å². The van der Waals surface area contributed by atoms with Gasteiger partial charge in [0.25, 0.3) is 0 Å². The first-order valence-corrected chi connectivity index (χ1v) is 4.53. The van der Waals surface area contributed by atoms with Gasteiger partial charge in [-0.2, -0.15) is 0 Å². The predicted octanol–water partition coefficient (Wildman–Crippen LogP) is 2.64. The van der Waals surface area contributed by atoms with Gasteiger partial charge in [0.1, 0.15) is 0 Å². The van der Waals surface area contributed by atoms with E-state index in [1.807, 2.05) is 0 Å². The van der Waals surface area contributed by atoms with Crippen LogP contribution >= 0.6 is 27.5 Å². The van der Waals surface area contributed by atoms with Gasteiger partial charge >= 0.3 is 0 Å². The maximum absolute atomic E-state index is 5.86. The standard InChI is InChI=1S/C7H7BrClNO/c1-11-7-5(4-8)6(9)2-3-10-7/h2-3H,4H2,1H3. The van der Waals surface area contributed by atoms with E-state index in [2.05, 4.69) is 20.9 Å². The Hall–Kier alpha value is -0.280. The molecule has 0 saturated carbocycles. The number of rotatable bonds is 2. The molecule has 0 aromatic carbocycles. The zero-order valence-electron chi connectivity index (χ0n) is 5.97. The van der Waals surface area contributed by atoms with Gasteiger partial charge in [-0.3, -0.25) is 0 Å². The van der Waals surface area contributed by atoms with Crippen LogP contribution in [0.3, 0.4) is 0 Å². The van der Waals surface area contributed by atoms with Gasteiger partial charge in [-0.1, -0.05) is 27.5 Å². The van der Waals surface area contributed by atoms with E-state index in [-0.39, 0.29) is 0 Å². The van der Waals surface area contributed by atoms with Crippen molar-refractivity contribution in [1.82, 2.24) is 4.98 Å². The van der Waals surface area contributed by atoms with E-state index >= 15 is 0 Å². The van der Waals surface area contributed by atoms with E-state index in [1.54, 1.807) is 19.4 Å². The van der Waals surface area contributed by atoms with E-state index in [0.29, 0.717) is 16.2 Å². The molecule has 1 heterocycles. The molecule has 0 spiro atoms. The van der Waals surface area contributed by atoms with Crippen LogP contribution in [0.15, 0.2) is 12.3 Å². The zero-order chi connectivity index (χ0) is 8.27. The minimum absolute atomic E-state index is 0.578. The molecule has 2 nitrogen and oxygen atoms in total. The van der Waals surface area contributed by atoms with Crippen LogP contribution in [0.2, 0.25) is 5.02 Å². The minimum Gasteiger partial charge on any atom is -0.481 e. The molecule has 0 N–H and O–H groups in total. The van der Waals surface area contributed by atoms with E-state index in [1.165, 1.54) is 0 Å². The molecule has 0 amide bonds. The van der Waals surface area contributed by atoms with Crippen LogP contribution in [-0.4, -0.2) is 12.1 Å². The van der Waals surface area contributed by atoms with Crippen molar-refractivity contribution in [2.45, 2.75) is 5.33 Å². The minimum atomic E-state index is 0.578. The second-order valence-corrected chi connectivity index (χ2v) is 2.88. The molecule has 1 rings (SSSR count). The lowest BCUT2D eigenvalue weighted by Crippen LogP contribution is -1.92. The van der Waals surface area contributed by atoms with Gasteiger partial charge in [-0.25, -0.2) is 4.98 Å². The molecule has 1 aromatic heterocycles. The highest BCUT2D eigenvalue weighted by atomic mass is 79.9. The summed E-state index contributed by atoms with van der Waals surface area (Å²) in [6.07, 6.45) is 1.62. The Morgan fingerprint density at radius 2 is 2.45 bits per heavy atom. The van der Waals surface area contributed by atoms with E-state index < -0.39 is 0 Å². The first-order chi connectivity index (χ1) is 5.29. The maximum atomic E-state index is 5.86. The van der Waals surface area contributed by atoms with Gasteiger partial charge in [0.15, 0.2) is 0 Å². The average molecular weight is 236 g/mol. The van der Waals surface area contributed by atoms with Gasteiger partial charge in [0, 0.05) is 17.1 Å². The fraction of sp³-hybridized carbons (Fsp3) is 0.286. The Morgan fingerprint density at radius 3 is 2.91 bits per heavy atom. The molecule has 0 fully saturated rings. The second-order valence-electron chi connectivity index (χ2n) is 1.91. The van der Waals surface area contributed by atoms with Crippen molar-refractivity contribution in [2.24, 2.45) is 0 Å². The van der Waals surface area contributed by atoms with Crippen molar-refractivity contribution in [3.8, 4) is 5.88 Å². The zero-order valence-corrected chi connectivity index (χ0v) is 8.32. The molecule has 1 aromatic rings. The quantitative estimate of drug-likeness (QED) is 0.737. The van der Waals surface area contributed by atoms with Gasteiger partial charge in [-0.15, -0.1) is 0 Å². The van der Waals surface area contributed by atoms with Crippen LogP contribution < -0.4 is 4.74 Å². The SMILES string of the molecule is COc1nccc(Cl)c1CBr. The molecule has 0 saturated heterocycles. The summed E-state index contributed by atoms with van der Waals surface area (Å²) < 4.78 is 4.99. The molecule has 0 unspecified atom stereocenters. The van der Waals surface area contributed by atoms with Crippen LogP contribution in [0.4, 0.5) is 0 Å². The molecule has 0 aliphatic carbocycles. The van der Waals surface area contributed by atoms with Crippen molar-refractivity contribution in [3.05, 3.63) is 22.8 Å². The third-order valence-electron chi connectivity index (χ3n) is 1.29. The topological polar surface area (TPSA) is 22.1 Å². The van der Waals surface area contributed by atoms with Crippen molar-refractivity contribution >= 4 is 27.5 Å². The van der Waals surface area contributed by atoms with Crippen LogP contribution in [0.1, 0.15) is 5.56 Å². The van der Waals surface area contributed by atoms with Crippen LogP contribution in [-0.2, 0) is 5.33 Å². The van der Waals surface area contributed by atoms with Gasteiger partial charge < -0.3 is 4.74 Å². The summed E-state index contributed by atoms with van der Waals surface area (Å²) in [5.41, 5.74) is 0.886. The maximum Gasteiger partial charge on any atom is 0.218 e. The number of pyridine rings is 1. The van der Waals surface area contributed by atoms with Gasteiger partial charge in [0.05, 0.1) is 12.1 Å².